The highest BCUT2D eigenvalue weighted by Crippen LogP contribution is 2.44. The summed E-state index contributed by atoms with van der Waals surface area (Å²) >= 11 is 0. The first-order chi connectivity index (χ1) is 9.17. The molecule has 5 heteroatoms. The van der Waals surface area contributed by atoms with Gasteiger partial charge in [0.15, 0.2) is 0 Å². The van der Waals surface area contributed by atoms with Gasteiger partial charge in [-0.05, 0) is 30.7 Å². The number of benzene rings is 1. The van der Waals surface area contributed by atoms with Gasteiger partial charge >= 0.3 is 0 Å². The van der Waals surface area contributed by atoms with E-state index in [0.717, 1.165) is 11.3 Å². The molecular formula is C14H16N2O3. The fraction of sp³-hybridized carbons (Fsp3) is 0.429. The van der Waals surface area contributed by atoms with Crippen LogP contribution in [-0.4, -0.2) is 31.5 Å². The van der Waals surface area contributed by atoms with Crippen molar-refractivity contribution < 1.29 is 14.3 Å². The predicted octanol–water partition coefficient (Wildman–Crippen LogP) is 2.63. The fourth-order valence-corrected chi connectivity index (χ4v) is 2.09. The van der Waals surface area contributed by atoms with Crippen LogP contribution in [0.1, 0.15) is 12.5 Å². The van der Waals surface area contributed by atoms with Crippen molar-refractivity contribution in [3.05, 3.63) is 35.9 Å². The van der Waals surface area contributed by atoms with E-state index in [9.17, 15) is 0 Å². The lowest BCUT2D eigenvalue weighted by Crippen LogP contribution is -2.44. The zero-order valence-electron chi connectivity index (χ0n) is 11.0. The van der Waals surface area contributed by atoms with Crippen molar-refractivity contribution in [1.29, 1.82) is 0 Å². The van der Waals surface area contributed by atoms with Crippen molar-refractivity contribution in [2.24, 2.45) is 10.4 Å². The largest absolute Gasteiger partial charge is 0.497 e. The molecule has 0 bridgehead atoms. The average Bonchev–Trinajstić information content (AvgIpc) is 3.03. The van der Waals surface area contributed by atoms with Gasteiger partial charge in [-0.1, -0.05) is 18.2 Å². The van der Waals surface area contributed by atoms with Gasteiger partial charge in [0.2, 0.25) is 5.60 Å². The summed E-state index contributed by atoms with van der Waals surface area (Å²) < 4.78 is 10.6. The number of nitrogens with zero attached hydrogens (tertiary/aromatic N) is 2. The van der Waals surface area contributed by atoms with Gasteiger partial charge in [-0.15, -0.1) is 5.11 Å². The van der Waals surface area contributed by atoms with Crippen LogP contribution in [0.4, 0.5) is 0 Å². The molecule has 1 aromatic carbocycles. The van der Waals surface area contributed by atoms with Gasteiger partial charge in [0.25, 0.3) is 0 Å². The molecule has 3 rings (SSSR count). The smallest absolute Gasteiger partial charge is 0.209 e. The Hall–Kier alpha value is -1.88. The summed E-state index contributed by atoms with van der Waals surface area (Å²) in [5, 5.41) is 7.59. The number of rotatable bonds is 4. The van der Waals surface area contributed by atoms with Crippen molar-refractivity contribution in [2.45, 2.75) is 18.1 Å². The Labute approximate surface area is 111 Å². The predicted molar refractivity (Wildman–Crippen MR) is 69.9 cm³/mol. The summed E-state index contributed by atoms with van der Waals surface area (Å²) in [5.74, 6) is 0.839. The molecule has 19 heavy (non-hydrogen) atoms. The average molecular weight is 260 g/mol. The van der Waals surface area contributed by atoms with Gasteiger partial charge in [0.05, 0.1) is 13.7 Å². The maximum Gasteiger partial charge on any atom is 0.209 e. The summed E-state index contributed by atoms with van der Waals surface area (Å²) in [6, 6.07) is 7.82. The second-order valence-electron chi connectivity index (χ2n) is 4.99. The Morgan fingerprint density at radius 2 is 2.05 bits per heavy atom. The zero-order chi connectivity index (χ0) is 13.3. The number of hydrogen-bond donors (Lipinski definition) is 0. The van der Waals surface area contributed by atoms with E-state index in [1.54, 1.807) is 7.11 Å². The molecule has 1 aromatic rings. The van der Waals surface area contributed by atoms with Crippen LogP contribution in [0.5, 0.6) is 5.75 Å². The molecule has 1 fully saturated rings. The Morgan fingerprint density at radius 1 is 1.32 bits per heavy atom. The minimum Gasteiger partial charge on any atom is -0.497 e. The van der Waals surface area contributed by atoms with Crippen LogP contribution in [0.2, 0.25) is 0 Å². The third kappa shape index (κ3) is 2.10. The van der Waals surface area contributed by atoms with Crippen LogP contribution in [0.3, 0.4) is 0 Å². The third-order valence-electron chi connectivity index (χ3n) is 3.70. The molecule has 2 aliphatic heterocycles. The van der Waals surface area contributed by atoms with Crippen molar-refractivity contribution >= 4 is 6.08 Å². The first-order valence-electron chi connectivity index (χ1n) is 6.20. The molecule has 1 saturated heterocycles. The van der Waals surface area contributed by atoms with E-state index in [0.29, 0.717) is 13.2 Å². The first kappa shape index (κ1) is 12.2. The molecule has 5 nitrogen and oxygen atoms in total. The Kier molecular flexibility index (Phi) is 2.78. The molecule has 2 atom stereocenters. The van der Waals surface area contributed by atoms with Crippen LogP contribution in [0.15, 0.2) is 40.7 Å². The molecule has 0 saturated carbocycles. The van der Waals surface area contributed by atoms with Crippen LogP contribution in [-0.2, 0) is 9.57 Å². The first-order valence-corrected chi connectivity index (χ1v) is 6.20. The van der Waals surface area contributed by atoms with E-state index in [1.807, 2.05) is 43.3 Å². The molecule has 0 aromatic heterocycles. The number of methoxy groups -OCH3 is 1. The monoisotopic (exact) mass is 260 g/mol. The number of ether oxygens (including phenoxy) is 2. The summed E-state index contributed by atoms with van der Waals surface area (Å²) in [5.41, 5.74) is 0.173. The second kappa shape index (κ2) is 4.35. The number of epoxide rings is 1. The molecule has 2 unspecified atom stereocenters. The fourth-order valence-electron chi connectivity index (χ4n) is 2.09. The lowest BCUT2D eigenvalue weighted by atomic mass is 9.88. The van der Waals surface area contributed by atoms with Gasteiger partial charge in [0.1, 0.15) is 17.9 Å². The molecule has 2 aliphatic rings. The SMILES string of the molecule is COc1ccc(/C=C\C2(C3(C)CO3)CN=NO2)cc1. The van der Waals surface area contributed by atoms with Crippen molar-refractivity contribution in [3.63, 3.8) is 0 Å². The minimum atomic E-state index is -0.576. The van der Waals surface area contributed by atoms with Gasteiger partial charge in [-0.3, -0.25) is 0 Å². The lowest BCUT2D eigenvalue weighted by Gasteiger charge is -2.25. The highest BCUT2D eigenvalue weighted by Gasteiger charge is 2.61. The van der Waals surface area contributed by atoms with Crippen molar-refractivity contribution in [3.8, 4) is 5.75 Å². The van der Waals surface area contributed by atoms with E-state index < -0.39 is 5.60 Å². The van der Waals surface area contributed by atoms with Crippen molar-refractivity contribution in [1.82, 2.24) is 0 Å². The van der Waals surface area contributed by atoms with Crippen molar-refractivity contribution in [2.75, 3.05) is 20.3 Å². The van der Waals surface area contributed by atoms with Gasteiger partial charge in [0, 0.05) is 5.28 Å². The Balaban J connectivity index is 1.80. The molecule has 0 N–H and O–H groups in total. The molecule has 0 radical (unpaired) electrons. The summed E-state index contributed by atoms with van der Waals surface area (Å²) in [7, 11) is 1.65. The van der Waals surface area contributed by atoms with Gasteiger partial charge in [-0.25, -0.2) is 0 Å². The van der Waals surface area contributed by atoms with Gasteiger partial charge < -0.3 is 14.3 Å². The number of hydrogen-bond acceptors (Lipinski definition) is 5. The van der Waals surface area contributed by atoms with E-state index in [2.05, 4.69) is 10.4 Å². The zero-order valence-corrected chi connectivity index (χ0v) is 11.0. The standard InChI is InChI=1S/C14H16N2O3/c1-13(10-18-13)14(9-15-16-19-14)8-7-11-3-5-12(17-2)6-4-11/h3-8H,9-10H2,1-2H3/b8-7-. The van der Waals surface area contributed by atoms with E-state index in [4.69, 9.17) is 14.3 Å². The molecule has 2 heterocycles. The second-order valence-corrected chi connectivity index (χ2v) is 4.99. The maximum atomic E-state index is 5.49. The summed E-state index contributed by atoms with van der Waals surface area (Å²) in [4.78, 5) is 5.46. The molecule has 0 aliphatic carbocycles. The molecule has 0 amide bonds. The molecular weight excluding hydrogens is 244 g/mol. The van der Waals surface area contributed by atoms with Crippen LogP contribution in [0.25, 0.3) is 6.08 Å². The topological polar surface area (TPSA) is 55.7 Å². The van der Waals surface area contributed by atoms with Crippen LogP contribution >= 0.6 is 0 Å². The quantitative estimate of drug-likeness (QED) is 0.782. The highest BCUT2D eigenvalue weighted by molar-refractivity contribution is 5.53. The van der Waals surface area contributed by atoms with Gasteiger partial charge in [-0.2, -0.15) is 0 Å². The summed E-state index contributed by atoms with van der Waals surface area (Å²) in [6.07, 6.45) is 3.99. The lowest BCUT2D eigenvalue weighted by molar-refractivity contribution is -0.0263. The van der Waals surface area contributed by atoms with Crippen LogP contribution < -0.4 is 4.74 Å². The molecule has 0 spiro atoms. The highest BCUT2D eigenvalue weighted by atomic mass is 16.7. The van der Waals surface area contributed by atoms with Crippen LogP contribution in [0, 0.1) is 0 Å². The normalized spacial score (nSPS) is 32.5. The third-order valence-corrected chi connectivity index (χ3v) is 3.70. The summed E-state index contributed by atoms with van der Waals surface area (Å²) in [6.45, 7) is 3.18. The van der Waals surface area contributed by atoms with E-state index in [1.165, 1.54) is 0 Å². The Morgan fingerprint density at radius 3 is 2.58 bits per heavy atom. The maximum absolute atomic E-state index is 5.49. The molecule has 100 valence electrons. The van der Waals surface area contributed by atoms with E-state index >= 15 is 0 Å². The Bertz CT molecular complexity index is 510. The minimum absolute atomic E-state index is 0.320. The van der Waals surface area contributed by atoms with E-state index in [-0.39, 0.29) is 5.60 Å².